The van der Waals surface area contributed by atoms with E-state index in [0.717, 1.165) is 11.1 Å². The molecule has 0 bridgehead atoms. The smallest absolute Gasteiger partial charge is 0.410 e. The van der Waals surface area contributed by atoms with Crippen LogP contribution in [-0.2, 0) is 21.4 Å². The number of ether oxygens (including phenoxy) is 1. The third-order valence-electron chi connectivity index (χ3n) is 5.08. The number of rotatable bonds is 7. The van der Waals surface area contributed by atoms with Crippen molar-refractivity contribution in [1.82, 2.24) is 10.2 Å². The minimum absolute atomic E-state index is 0.148. The van der Waals surface area contributed by atoms with Gasteiger partial charge in [-0.05, 0) is 44.0 Å². The SMILES string of the molecule is CN(C(=O)OC(C)(C)C)C(Cc1ccc(O)cc1)C(=O)NCC(C)(C)c1ccccc1. The molecule has 0 aromatic heterocycles. The number of phenols is 1. The number of likely N-dealkylation sites (N-methyl/N-ethyl adjacent to an activating group) is 1. The van der Waals surface area contributed by atoms with Crippen LogP contribution in [-0.4, -0.2) is 47.2 Å². The number of aromatic hydroxyl groups is 1. The largest absolute Gasteiger partial charge is 0.508 e. The van der Waals surface area contributed by atoms with Crippen molar-refractivity contribution in [2.24, 2.45) is 0 Å². The van der Waals surface area contributed by atoms with E-state index in [0.29, 0.717) is 13.0 Å². The standard InChI is InChI=1S/C25H34N2O4/c1-24(2,3)31-23(30)27(6)21(16-18-12-14-20(28)15-13-18)22(29)26-17-25(4,5)19-10-8-7-9-11-19/h7-15,21,28H,16-17H2,1-6H3,(H,26,29). The Morgan fingerprint density at radius 3 is 2.13 bits per heavy atom. The normalized spacial score (nSPS) is 12.7. The Hall–Kier alpha value is -3.02. The number of benzene rings is 2. The molecule has 31 heavy (non-hydrogen) atoms. The zero-order valence-electron chi connectivity index (χ0n) is 19.3. The van der Waals surface area contributed by atoms with Crippen LogP contribution >= 0.6 is 0 Å². The third-order valence-corrected chi connectivity index (χ3v) is 5.08. The van der Waals surface area contributed by atoms with Crippen LogP contribution in [0.15, 0.2) is 54.6 Å². The molecule has 2 aromatic carbocycles. The van der Waals surface area contributed by atoms with E-state index in [-0.39, 0.29) is 17.1 Å². The van der Waals surface area contributed by atoms with Crippen molar-refractivity contribution in [3.8, 4) is 5.75 Å². The zero-order valence-corrected chi connectivity index (χ0v) is 19.3. The average Bonchev–Trinajstić information content (AvgIpc) is 2.70. The number of hydrogen-bond donors (Lipinski definition) is 2. The Balaban J connectivity index is 2.18. The molecular formula is C25H34N2O4. The second-order valence-electron chi connectivity index (χ2n) is 9.45. The van der Waals surface area contributed by atoms with Gasteiger partial charge in [0.2, 0.25) is 5.91 Å². The quantitative estimate of drug-likeness (QED) is 0.693. The number of amides is 2. The Morgan fingerprint density at radius 1 is 1.00 bits per heavy atom. The van der Waals surface area contributed by atoms with Crippen molar-refractivity contribution >= 4 is 12.0 Å². The van der Waals surface area contributed by atoms with Crippen LogP contribution in [0.3, 0.4) is 0 Å². The fourth-order valence-corrected chi connectivity index (χ4v) is 3.14. The maximum atomic E-state index is 13.2. The molecule has 2 amide bonds. The molecule has 0 aliphatic carbocycles. The molecule has 168 valence electrons. The van der Waals surface area contributed by atoms with Crippen LogP contribution in [0, 0.1) is 0 Å². The lowest BCUT2D eigenvalue weighted by Gasteiger charge is -2.32. The number of nitrogens with zero attached hydrogens (tertiary/aromatic N) is 1. The highest BCUT2D eigenvalue weighted by atomic mass is 16.6. The number of carbonyl (C=O) groups is 2. The summed E-state index contributed by atoms with van der Waals surface area (Å²) >= 11 is 0. The molecule has 6 nitrogen and oxygen atoms in total. The topological polar surface area (TPSA) is 78.9 Å². The molecule has 0 saturated heterocycles. The Labute approximate surface area is 185 Å². The highest BCUT2D eigenvalue weighted by molar-refractivity contribution is 5.86. The van der Waals surface area contributed by atoms with E-state index in [1.54, 1.807) is 52.1 Å². The molecule has 0 spiro atoms. The first-order valence-corrected chi connectivity index (χ1v) is 10.5. The van der Waals surface area contributed by atoms with Gasteiger partial charge in [-0.1, -0.05) is 56.3 Å². The number of carbonyl (C=O) groups excluding carboxylic acids is 2. The van der Waals surface area contributed by atoms with Gasteiger partial charge >= 0.3 is 6.09 Å². The first-order valence-electron chi connectivity index (χ1n) is 10.5. The Morgan fingerprint density at radius 2 is 1.58 bits per heavy atom. The third kappa shape index (κ3) is 7.31. The van der Waals surface area contributed by atoms with E-state index in [4.69, 9.17) is 4.74 Å². The van der Waals surface area contributed by atoms with Crippen LogP contribution in [0.5, 0.6) is 5.75 Å². The van der Waals surface area contributed by atoms with Gasteiger partial charge in [0.15, 0.2) is 0 Å². The van der Waals surface area contributed by atoms with E-state index in [2.05, 4.69) is 19.2 Å². The summed E-state index contributed by atoms with van der Waals surface area (Å²) in [5, 5.41) is 12.6. The van der Waals surface area contributed by atoms with Gasteiger partial charge in [0.25, 0.3) is 0 Å². The molecule has 1 atom stereocenters. The second-order valence-corrected chi connectivity index (χ2v) is 9.45. The summed E-state index contributed by atoms with van der Waals surface area (Å²) in [5.74, 6) is -0.111. The molecule has 0 aliphatic rings. The molecule has 2 N–H and O–H groups in total. The maximum Gasteiger partial charge on any atom is 0.410 e. The van der Waals surface area contributed by atoms with Gasteiger partial charge in [0, 0.05) is 25.4 Å². The van der Waals surface area contributed by atoms with Gasteiger partial charge in [-0.2, -0.15) is 0 Å². The lowest BCUT2D eigenvalue weighted by atomic mass is 9.84. The summed E-state index contributed by atoms with van der Waals surface area (Å²) in [6.07, 6.45) is -0.262. The van der Waals surface area contributed by atoms with Gasteiger partial charge in [-0.15, -0.1) is 0 Å². The van der Waals surface area contributed by atoms with E-state index < -0.39 is 17.7 Å². The van der Waals surface area contributed by atoms with Crippen molar-refractivity contribution in [2.75, 3.05) is 13.6 Å². The number of phenolic OH excluding ortho intramolecular Hbond substituents is 1. The molecule has 0 saturated carbocycles. The first-order chi connectivity index (χ1) is 14.4. The highest BCUT2D eigenvalue weighted by Crippen LogP contribution is 2.22. The summed E-state index contributed by atoms with van der Waals surface area (Å²) in [4.78, 5) is 27.2. The highest BCUT2D eigenvalue weighted by Gasteiger charge is 2.31. The van der Waals surface area contributed by atoms with Crippen molar-refractivity contribution in [3.05, 3.63) is 65.7 Å². The minimum atomic E-state index is -0.758. The van der Waals surface area contributed by atoms with Crippen LogP contribution in [0.2, 0.25) is 0 Å². The molecule has 2 aromatic rings. The van der Waals surface area contributed by atoms with Crippen molar-refractivity contribution in [3.63, 3.8) is 0 Å². The molecule has 6 heteroatoms. The van der Waals surface area contributed by atoms with Gasteiger partial charge in [0.05, 0.1) is 0 Å². The summed E-state index contributed by atoms with van der Waals surface area (Å²) < 4.78 is 5.47. The molecule has 0 fully saturated rings. The zero-order chi connectivity index (χ0) is 23.2. The maximum absolute atomic E-state index is 13.2. The lowest BCUT2D eigenvalue weighted by molar-refractivity contribution is -0.126. The molecule has 1 unspecified atom stereocenters. The van der Waals surface area contributed by atoms with Gasteiger partial charge in [-0.25, -0.2) is 4.79 Å². The van der Waals surface area contributed by atoms with E-state index in [1.165, 1.54) is 4.90 Å². The fraction of sp³-hybridized carbons (Fsp3) is 0.440. The van der Waals surface area contributed by atoms with Crippen molar-refractivity contribution in [1.29, 1.82) is 0 Å². The lowest BCUT2D eigenvalue weighted by Crippen LogP contribution is -2.52. The summed E-state index contributed by atoms with van der Waals surface area (Å²) in [6.45, 7) is 9.91. The predicted molar refractivity (Wildman–Crippen MR) is 122 cm³/mol. The van der Waals surface area contributed by atoms with Crippen molar-refractivity contribution in [2.45, 2.75) is 58.1 Å². The number of nitrogens with one attached hydrogen (secondary N) is 1. The van der Waals surface area contributed by atoms with E-state index in [9.17, 15) is 14.7 Å². The molecule has 2 rings (SSSR count). The number of hydrogen-bond acceptors (Lipinski definition) is 4. The van der Waals surface area contributed by atoms with Crippen LogP contribution < -0.4 is 5.32 Å². The van der Waals surface area contributed by atoms with E-state index in [1.807, 2.05) is 30.3 Å². The molecular weight excluding hydrogens is 392 g/mol. The van der Waals surface area contributed by atoms with Crippen LogP contribution in [0.25, 0.3) is 0 Å². The summed E-state index contributed by atoms with van der Waals surface area (Å²) in [5.41, 5.74) is 1.01. The molecule has 0 aliphatic heterocycles. The van der Waals surface area contributed by atoms with Crippen LogP contribution in [0.4, 0.5) is 4.79 Å². The summed E-state index contributed by atoms with van der Waals surface area (Å²) in [7, 11) is 1.57. The van der Waals surface area contributed by atoms with Crippen molar-refractivity contribution < 1.29 is 19.4 Å². The second kappa shape index (κ2) is 9.86. The fourth-order valence-electron chi connectivity index (χ4n) is 3.14. The molecule has 0 heterocycles. The molecule has 0 radical (unpaired) electrons. The van der Waals surface area contributed by atoms with Gasteiger partial charge in [0.1, 0.15) is 17.4 Å². The van der Waals surface area contributed by atoms with Gasteiger partial charge < -0.3 is 15.2 Å². The Bertz CT molecular complexity index is 871. The average molecular weight is 427 g/mol. The summed E-state index contributed by atoms with van der Waals surface area (Å²) in [6, 6.07) is 15.8. The van der Waals surface area contributed by atoms with E-state index >= 15 is 0 Å². The van der Waals surface area contributed by atoms with Gasteiger partial charge in [-0.3, -0.25) is 9.69 Å². The van der Waals surface area contributed by atoms with Crippen LogP contribution in [0.1, 0.15) is 45.7 Å². The Kier molecular flexibility index (Phi) is 7.71. The first kappa shape index (κ1) is 24.3. The predicted octanol–water partition coefficient (Wildman–Crippen LogP) is 4.26. The minimum Gasteiger partial charge on any atom is -0.508 e. The monoisotopic (exact) mass is 426 g/mol.